The third-order valence-corrected chi connectivity index (χ3v) is 2.71. The Morgan fingerprint density at radius 2 is 1.94 bits per heavy atom. The van der Waals surface area contributed by atoms with Gasteiger partial charge in [0.25, 0.3) is 0 Å². The Bertz CT molecular complexity index is 514. The molecule has 17 heavy (non-hydrogen) atoms. The summed E-state index contributed by atoms with van der Waals surface area (Å²) in [6.07, 6.45) is -0.793. The monoisotopic (exact) mass is 232 g/mol. The third-order valence-electron chi connectivity index (χ3n) is 2.71. The second kappa shape index (κ2) is 4.63. The van der Waals surface area contributed by atoms with Gasteiger partial charge in [-0.2, -0.15) is 0 Å². The van der Waals surface area contributed by atoms with E-state index in [0.29, 0.717) is 11.5 Å². The number of ether oxygens (including phenoxy) is 1. The smallest absolute Gasteiger partial charge is 0.140 e. The van der Waals surface area contributed by atoms with E-state index in [1.54, 1.807) is 13.2 Å². The van der Waals surface area contributed by atoms with Crippen LogP contribution < -0.4 is 4.74 Å². The number of aliphatic hydroxyl groups excluding tert-OH is 1. The summed E-state index contributed by atoms with van der Waals surface area (Å²) in [6.45, 7) is 3.83. The number of hydrogen-bond donors (Lipinski definition) is 1. The predicted octanol–water partition coefficient (Wildman–Crippen LogP) is 2.99. The fraction of sp³-hybridized carbons (Fsp3) is 0.286. The van der Waals surface area contributed by atoms with E-state index in [2.05, 4.69) is 0 Å². The maximum Gasteiger partial charge on any atom is 0.140 e. The van der Waals surface area contributed by atoms with Crippen LogP contribution in [0.3, 0.4) is 0 Å². The molecule has 1 aromatic heterocycles. The van der Waals surface area contributed by atoms with Crippen molar-refractivity contribution in [3.63, 3.8) is 0 Å². The predicted molar refractivity (Wildman–Crippen MR) is 65.2 cm³/mol. The van der Waals surface area contributed by atoms with E-state index >= 15 is 0 Å². The van der Waals surface area contributed by atoms with Crippen LogP contribution in [-0.4, -0.2) is 12.2 Å². The first-order chi connectivity index (χ1) is 8.11. The Kier molecular flexibility index (Phi) is 3.20. The summed E-state index contributed by atoms with van der Waals surface area (Å²) >= 11 is 0. The Labute approximate surface area is 101 Å². The van der Waals surface area contributed by atoms with Crippen LogP contribution in [0, 0.1) is 13.8 Å². The quantitative estimate of drug-likeness (QED) is 0.884. The minimum absolute atomic E-state index is 0.534. The highest BCUT2D eigenvalue weighted by Crippen LogP contribution is 2.31. The van der Waals surface area contributed by atoms with Crippen molar-refractivity contribution in [2.24, 2.45) is 0 Å². The standard InChI is InChI=1S/C14H16O3/c1-9-4-6-12(16-3)11(8-9)14(15)13-7-5-10(2)17-13/h4-8,14-15H,1-3H3. The van der Waals surface area contributed by atoms with Gasteiger partial charge in [-0.05, 0) is 38.1 Å². The van der Waals surface area contributed by atoms with E-state index < -0.39 is 6.10 Å². The molecule has 0 radical (unpaired) electrons. The van der Waals surface area contributed by atoms with Gasteiger partial charge in [0.15, 0.2) is 0 Å². The summed E-state index contributed by atoms with van der Waals surface area (Å²) < 4.78 is 10.7. The highest BCUT2D eigenvalue weighted by atomic mass is 16.5. The Balaban J connectivity index is 2.42. The van der Waals surface area contributed by atoms with Crippen LogP contribution in [0.5, 0.6) is 5.75 Å². The van der Waals surface area contributed by atoms with Crippen LogP contribution in [0.4, 0.5) is 0 Å². The van der Waals surface area contributed by atoms with Crippen LogP contribution in [0.25, 0.3) is 0 Å². The van der Waals surface area contributed by atoms with Crippen molar-refractivity contribution in [1.29, 1.82) is 0 Å². The molecule has 1 aromatic carbocycles. The molecule has 0 fully saturated rings. The van der Waals surface area contributed by atoms with Gasteiger partial charge in [-0.25, -0.2) is 0 Å². The Hall–Kier alpha value is -1.74. The van der Waals surface area contributed by atoms with E-state index in [1.165, 1.54) is 0 Å². The van der Waals surface area contributed by atoms with Gasteiger partial charge < -0.3 is 14.3 Å². The molecule has 1 N–H and O–H groups in total. The second-order valence-electron chi connectivity index (χ2n) is 4.10. The van der Waals surface area contributed by atoms with Crippen LogP contribution in [0.2, 0.25) is 0 Å². The van der Waals surface area contributed by atoms with Crippen LogP contribution >= 0.6 is 0 Å². The fourth-order valence-electron chi connectivity index (χ4n) is 1.82. The summed E-state index contributed by atoms with van der Waals surface area (Å²) in [4.78, 5) is 0. The van der Waals surface area contributed by atoms with Gasteiger partial charge >= 0.3 is 0 Å². The first-order valence-corrected chi connectivity index (χ1v) is 5.50. The first kappa shape index (κ1) is 11.7. The van der Waals surface area contributed by atoms with Crippen molar-refractivity contribution in [3.05, 3.63) is 53.0 Å². The van der Waals surface area contributed by atoms with E-state index in [9.17, 15) is 5.11 Å². The summed E-state index contributed by atoms with van der Waals surface area (Å²) in [5.74, 6) is 1.98. The van der Waals surface area contributed by atoms with Gasteiger partial charge in [0.05, 0.1) is 7.11 Å². The van der Waals surface area contributed by atoms with Crippen molar-refractivity contribution in [1.82, 2.24) is 0 Å². The van der Waals surface area contributed by atoms with Gasteiger partial charge in [-0.1, -0.05) is 11.6 Å². The lowest BCUT2D eigenvalue weighted by Gasteiger charge is -2.13. The van der Waals surface area contributed by atoms with Gasteiger partial charge in [-0.15, -0.1) is 0 Å². The normalized spacial score (nSPS) is 12.5. The fourth-order valence-corrected chi connectivity index (χ4v) is 1.82. The number of methoxy groups -OCH3 is 1. The molecule has 1 atom stereocenters. The molecule has 0 aliphatic heterocycles. The zero-order valence-corrected chi connectivity index (χ0v) is 10.2. The first-order valence-electron chi connectivity index (χ1n) is 5.50. The lowest BCUT2D eigenvalue weighted by atomic mass is 10.0. The zero-order valence-electron chi connectivity index (χ0n) is 10.2. The summed E-state index contributed by atoms with van der Waals surface area (Å²) in [7, 11) is 1.59. The number of aryl methyl sites for hydroxylation is 2. The van der Waals surface area contributed by atoms with E-state index in [0.717, 1.165) is 16.9 Å². The molecule has 1 heterocycles. The molecule has 1 unspecified atom stereocenters. The average Bonchev–Trinajstić information content (AvgIpc) is 2.75. The topological polar surface area (TPSA) is 42.6 Å². The molecule has 0 aliphatic carbocycles. The van der Waals surface area contributed by atoms with Crippen LogP contribution in [-0.2, 0) is 0 Å². The minimum atomic E-state index is -0.793. The van der Waals surface area contributed by atoms with Gasteiger partial charge in [0.2, 0.25) is 0 Å². The van der Waals surface area contributed by atoms with Crippen molar-refractivity contribution in [2.45, 2.75) is 20.0 Å². The highest BCUT2D eigenvalue weighted by Gasteiger charge is 2.18. The summed E-state index contributed by atoms with van der Waals surface area (Å²) in [6, 6.07) is 9.32. The number of aliphatic hydroxyl groups is 1. The third kappa shape index (κ3) is 2.34. The Morgan fingerprint density at radius 1 is 1.18 bits per heavy atom. The average molecular weight is 232 g/mol. The number of furan rings is 1. The summed E-state index contributed by atoms with van der Waals surface area (Å²) in [5.41, 5.74) is 1.80. The van der Waals surface area contributed by atoms with E-state index in [4.69, 9.17) is 9.15 Å². The molecule has 3 heteroatoms. The SMILES string of the molecule is COc1ccc(C)cc1C(O)c1ccc(C)o1. The molecular weight excluding hydrogens is 216 g/mol. The molecule has 2 rings (SSSR count). The summed E-state index contributed by atoms with van der Waals surface area (Å²) in [5, 5.41) is 10.3. The number of hydrogen-bond acceptors (Lipinski definition) is 3. The molecule has 90 valence electrons. The van der Waals surface area contributed by atoms with Crippen LogP contribution in [0.1, 0.15) is 28.8 Å². The van der Waals surface area contributed by atoms with E-state index in [-0.39, 0.29) is 0 Å². The molecule has 0 saturated carbocycles. The zero-order chi connectivity index (χ0) is 12.4. The second-order valence-corrected chi connectivity index (χ2v) is 4.10. The Morgan fingerprint density at radius 3 is 2.53 bits per heavy atom. The maximum atomic E-state index is 10.3. The lowest BCUT2D eigenvalue weighted by Crippen LogP contribution is -2.01. The maximum absolute atomic E-state index is 10.3. The van der Waals surface area contributed by atoms with Gasteiger partial charge in [0.1, 0.15) is 23.4 Å². The molecule has 0 aliphatic rings. The van der Waals surface area contributed by atoms with Crippen molar-refractivity contribution >= 4 is 0 Å². The minimum Gasteiger partial charge on any atom is -0.496 e. The van der Waals surface area contributed by atoms with Gasteiger partial charge in [-0.3, -0.25) is 0 Å². The molecule has 2 aromatic rings. The van der Waals surface area contributed by atoms with E-state index in [1.807, 2.05) is 38.1 Å². The molecule has 0 bridgehead atoms. The van der Waals surface area contributed by atoms with Crippen molar-refractivity contribution in [3.8, 4) is 5.75 Å². The van der Waals surface area contributed by atoms with Crippen LogP contribution in [0.15, 0.2) is 34.7 Å². The van der Waals surface area contributed by atoms with Gasteiger partial charge in [0, 0.05) is 5.56 Å². The molecular formula is C14H16O3. The lowest BCUT2D eigenvalue weighted by molar-refractivity contribution is 0.183. The molecule has 0 amide bonds. The van der Waals surface area contributed by atoms with Crippen molar-refractivity contribution in [2.75, 3.05) is 7.11 Å². The molecule has 0 saturated heterocycles. The number of rotatable bonds is 3. The highest BCUT2D eigenvalue weighted by molar-refractivity contribution is 5.41. The molecule has 3 nitrogen and oxygen atoms in total. The molecule has 0 spiro atoms. The number of benzene rings is 1. The van der Waals surface area contributed by atoms with Crippen molar-refractivity contribution < 1.29 is 14.3 Å². The largest absolute Gasteiger partial charge is 0.496 e.